The molecule has 0 saturated carbocycles. The molecule has 0 aliphatic heterocycles. The van der Waals surface area contributed by atoms with Crippen LogP contribution in [0.2, 0.25) is 0 Å². The van der Waals surface area contributed by atoms with E-state index in [9.17, 15) is 5.11 Å². The Morgan fingerprint density at radius 3 is 2.56 bits per heavy atom. The number of pyridine rings is 1. The van der Waals surface area contributed by atoms with Crippen molar-refractivity contribution >= 4 is 0 Å². The highest BCUT2D eigenvalue weighted by Crippen LogP contribution is 2.25. The van der Waals surface area contributed by atoms with Gasteiger partial charge in [-0.25, -0.2) is 0 Å². The Kier molecular flexibility index (Phi) is 4.94. The molecule has 1 rings (SSSR count). The molecule has 2 atom stereocenters. The molecule has 0 bridgehead atoms. The molecular formula is C14H23NO. The third-order valence-electron chi connectivity index (χ3n) is 3.03. The molecule has 1 N–H and O–H groups in total. The highest BCUT2D eigenvalue weighted by molar-refractivity contribution is 5.23. The van der Waals surface area contributed by atoms with Gasteiger partial charge in [0, 0.05) is 17.0 Å². The Bertz CT molecular complexity index is 336. The first-order chi connectivity index (χ1) is 7.54. The minimum atomic E-state index is -0.366. The van der Waals surface area contributed by atoms with Crippen LogP contribution < -0.4 is 0 Å². The fourth-order valence-electron chi connectivity index (χ4n) is 2.17. The predicted octanol–water partition coefficient (Wildman–Crippen LogP) is 3.56. The van der Waals surface area contributed by atoms with Crippen molar-refractivity contribution in [2.24, 2.45) is 5.92 Å². The molecule has 0 amide bonds. The number of aromatic nitrogens is 1. The second-order valence-electron chi connectivity index (χ2n) is 4.77. The summed E-state index contributed by atoms with van der Waals surface area (Å²) in [5, 5.41) is 10.1. The highest BCUT2D eigenvalue weighted by Gasteiger charge is 2.14. The van der Waals surface area contributed by atoms with E-state index in [0.717, 1.165) is 23.4 Å². The molecule has 2 heteroatoms. The lowest BCUT2D eigenvalue weighted by Gasteiger charge is -2.17. The Balaban J connectivity index is 2.69. The number of aliphatic hydroxyl groups excluding tert-OH is 1. The monoisotopic (exact) mass is 221 g/mol. The highest BCUT2D eigenvalue weighted by atomic mass is 16.3. The molecule has 0 spiro atoms. The van der Waals surface area contributed by atoms with Crippen molar-refractivity contribution in [3.8, 4) is 0 Å². The minimum Gasteiger partial charge on any atom is -0.388 e. The molecule has 2 nitrogen and oxygen atoms in total. The Hall–Kier alpha value is -0.890. The Morgan fingerprint density at radius 2 is 2.00 bits per heavy atom. The first-order valence-corrected chi connectivity index (χ1v) is 6.16. The maximum absolute atomic E-state index is 10.1. The zero-order chi connectivity index (χ0) is 12.1. The zero-order valence-electron chi connectivity index (χ0n) is 10.8. The second kappa shape index (κ2) is 6.00. The van der Waals surface area contributed by atoms with Crippen LogP contribution in [0.5, 0.6) is 0 Å². The van der Waals surface area contributed by atoms with E-state index in [-0.39, 0.29) is 6.10 Å². The molecular weight excluding hydrogens is 198 g/mol. The molecule has 90 valence electrons. The molecule has 0 aliphatic carbocycles. The van der Waals surface area contributed by atoms with Crippen LogP contribution in [0.4, 0.5) is 0 Å². The van der Waals surface area contributed by atoms with Gasteiger partial charge in [-0.2, -0.15) is 0 Å². The van der Waals surface area contributed by atoms with Gasteiger partial charge in [-0.05, 0) is 32.3 Å². The number of nitrogens with zero attached hydrogens (tertiary/aromatic N) is 1. The van der Waals surface area contributed by atoms with E-state index in [4.69, 9.17) is 0 Å². The van der Waals surface area contributed by atoms with Crippen LogP contribution in [-0.4, -0.2) is 10.1 Å². The van der Waals surface area contributed by atoms with Crippen LogP contribution in [0.15, 0.2) is 12.1 Å². The van der Waals surface area contributed by atoms with Crippen molar-refractivity contribution in [3.05, 3.63) is 29.1 Å². The van der Waals surface area contributed by atoms with Gasteiger partial charge in [-0.3, -0.25) is 4.98 Å². The minimum absolute atomic E-state index is 0.366. The average Bonchev–Trinajstić information content (AvgIpc) is 2.17. The maximum Gasteiger partial charge on any atom is 0.0810 e. The van der Waals surface area contributed by atoms with Gasteiger partial charge in [0.2, 0.25) is 0 Å². The summed E-state index contributed by atoms with van der Waals surface area (Å²) in [6.45, 7) is 8.32. The first-order valence-electron chi connectivity index (χ1n) is 6.16. The van der Waals surface area contributed by atoms with Gasteiger partial charge in [0.1, 0.15) is 0 Å². The van der Waals surface area contributed by atoms with Gasteiger partial charge < -0.3 is 5.11 Å². The summed E-state index contributed by atoms with van der Waals surface area (Å²) in [4.78, 5) is 4.39. The van der Waals surface area contributed by atoms with E-state index in [1.54, 1.807) is 0 Å². The van der Waals surface area contributed by atoms with Crippen LogP contribution >= 0.6 is 0 Å². The summed E-state index contributed by atoms with van der Waals surface area (Å²) in [6.07, 6.45) is 2.82. The molecule has 1 heterocycles. The van der Waals surface area contributed by atoms with Crippen LogP contribution in [-0.2, 0) is 0 Å². The SMILES string of the molecule is CCCC(C)CC(O)c1ccc(C)nc1C. The number of rotatable bonds is 5. The number of hydrogen-bond acceptors (Lipinski definition) is 2. The lowest BCUT2D eigenvalue weighted by molar-refractivity contribution is 0.144. The van der Waals surface area contributed by atoms with Crippen molar-refractivity contribution in [1.82, 2.24) is 4.98 Å². The lowest BCUT2D eigenvalue weighted by Crippen LogP contribution is -2.07. The molecule has 0 saturated heterocycles. The summed E-state index contributed by atoms with van der Waals surface area (Å²) in [7, 11) is 0. The molecule has 0 aliphatic rings. The molecule has 0 fully saturated rings. The third-order valence-corrected chi connectivity index (χ3v) is 3.03. The van der Waals surface area contributed by atoms with Gasteiger partial charge >= 0.3 is 0 Å². The summed E-state index contributed by atoms with van der Waals surface area (Å²) in [5.41, 5.74) is 2.94. The van der Waals surface area contributed by atoms with Crippen molar-refractivity contribution in [1.29, 1.82) is 0 Å². The normalized spacial score (nSPS) is 14.8. The standard InChI is InChI=1S/C14H23NO/c1-5-6-10(2)9-14(16)13-8-7-11(3)15-12(13)4/h7-8,10,14,16H,5-6,9H2,1-4H3. The number of hydrogen-bond donors (Lipinski definition) is 1. The molecule has 0 aromatic carbocycles. The van der Waals surface area contributed by atoms with E-state index in [1.807, 2.05) is 26.0 Å². The van der Waals surface area contributed by atoms with E-state index < -0.39 is 0 Å². The van der Waals surface area contributed by atoms with Crippen LogP contribution in [0, 0.1) is 19.8 Å². The van der Waals surface area contributed by atoms with Crippen LogP contribution in [0.25, 0.3) is 0 Å². The van der Waals surface area contributed by atoms with Crippen molar-refractivity contribution in [2.45, 2.75) is 53.1 Å². The fourth-order valence-corrected chi connectivity index (χ4v) is 2.17. The fraction of sp³-hybridized carbons (Fsp3) is 0.643. The van der Waals surface area contributed by atoms with Gasteiger partial charge in [0.25, 0.3) is 0 Å². The third kappa shape index (κ3) is 3.60. The average molecular weight is 221 g/mol. The maximum atomic E-state index is 10.1. The van der Waals surface area contributed by atoms with E-state index >= 15 is 0 Å². The van der Waals surface area contributed by atoms with Crippen LogP contribution in [0.3, 0.4) is 0 Å². The Morgan fingerprint density at radius 1 is 1.31 bits per heavy atom. The molecule has 0 radical (unpaired) electrons. The smallest absolute Gasteiger partial charge is 0.0810 e. The van der Waals surface area contributed by atoms with E-state index in [0.29, 0.717) is 5.92 Å². The quantitative estimate of drug-likeness (QED) is 0.824. The first kappa shape index (κ1) is 13.2. The van der Waals surface area contributed by atoms with E-state index in [2.05, 4.69) is 18.8 Å². The summed E-state index contributed by atoms with van der Waals surface area (Å²) >= 11 is 0. The molecule has 1 aromatic rings. The summed E-state index contributed by atoms with van der Waals surface area (Å²) in [6, 6.07) is 3.97. The topological polar surface area (TPSA) is 33.1 Å². The van der Waals surface area contributed by atoms with Gasteiger partial charge in [0.05, 0.1) is 6.10 Å². The van der Waals surface area contributed by atoms with Gasteiger partial charge in [-0.1, -0.05) is 32.8 Å². The number of aryl methyl sites for hydroxylation is 2. The van der Waals surface area contributed by atoms with E-state index in [1.165, 1.54) is 12.8 Å². The van der Waals surface area contributed by atoms with Crippen molar-refractivity contribution in [3.63, 3.8) is 0 Å². The van der Waals surface area contributed by atoms with Crippen molar-refractivity contribution in [2.75, 3.05) is 0 Å². The largest absolute Gasteiger partial charge is 0.388 e. The van der Waals surface area contributed by atoms with Gasteiger partial charge in [-0.15, -0.1) is 0 Å². The second-order valence-corrected chi connectivity index (χ2v) is 4.77. The predicted molar refractivity (Wildman–Crippen MR) is 67.4 cm³/mol. The molecule has 1 aromatic heterocycles. The number of aliphatic hydroxyl groups is 1. The summed E-state index contributed by atoms with van der Waals surface area (Å²) in [5.74, 6) is 0.570. The Labute approximate surface area is 98.7 Å². The van der Waals surface area contributed by atoms with Crippen molar-refractivity contribution < 1.29 is 5.11 Å². The molecule has 16 heavy (non-hydrogen) atoms. The van der Waals surface area contributed by atoms with Gasteiger partial charge in [0.15, 0.2) is 0 Å². The molecule has 2 unspecified atom stereocenters. The lowest BCUT2D eigenvalue weighted by atomic mass is 9.94. The van der Waals surface area contributed by atoms with Crippen LogP contribution in [0.1, 0.15) is 56.2 Å². The summed E-state index contributed by atoms with van der Waals surface area (Å²) < 4.78 is 0. The zero-order valence-corrected chi connectivity index (χ0v) is 10.8.